The molecule has 1 N–H and O–H groups in total. The molecule has 0 aliphatic carbocycles. The lowest BCUT2D eigenvalue weighted by Gasteiger charge is -2.36. The predicted octanol–water partition coefficient (Wildman–Crippen LogP) is 7.61. The van der Waals surface area contributed by atoms with Gasteiger partial charge in [-0.3, -0.25) is 10.3 Å². The monoisotopic (exact) mass is 723 g/mol. The number of aromatic nitrogens is 1. The van der Waals surface area contributed by atoms with Gasteiger partial charge in [0.15, 0.2) is 11.5 Å². The zero-order chi connectivity index (χ0) is 34.5. The molecule has 2 saturated heterocycles. The molecule has 12 heteroatoms. The number of nitrogens with one attached hydrogen (secondary N) is 1. The van der Waals surface area contributed by atoms with Gasteiger partial charge >= 0.3 is 11.9 Å². The minimum atomic E-state index is -0.750. The smallest absolute Gasteiger partial charge is 0.348 e. The third kappa shape index (κ3) is 8.22. The SMILES string of the molecule is COc1ccc([C@H](Cc2c(Cl)cncc2Cl)OC(=O)c2ccc(CNC(C(=O)OC3CC4CCC(C3)N4C)c3ccccc3)s2)cc1OC. The Morgan fingerprint density at radius 3 is 2.31 bits per heavy atom. The Morgan fingerprint density at radius 1 is 0.939 bits per heavy atom. The second kappa shape index (κ2) is 15.9. The molecule has 2 aliphatic heterocycles. The van der Waals surface area contributed by atoms with Gasteiger partial charge in [-0.2, -0.15) is 0 Å². The Bertz CT molecular complexity index is 1740. The van der Waals surface area contributed by atoms with Crippen LogP contribution < -0.4 is 14.8 Å². The number of piperidine rings is 1. The number of rotatable bonds is 13. The fourth-order valence-corrected chi connectivity index (χ4v) is 8.11. The molecule has 2 fully saturated rings. The van der Waals surface area contributed by atoms with Gasteiger partial charge in [0.25, 0.3) is 0 Å². The topological polar surface area (TPSA) is 99.2 Å². The highest BCUT2D eigenvalue weighted by atomic mass is 35.5. The average molecular weight is 725 g/mol. The van der Waals surface area contributed by atoms with Crippen molar-refractivity contribution in [3.05, 3.63) is 110 Å². The van der Waals surface area contributed by atoms with Gasteiger partial charge < -0.3 is 23.8 Å². The summed E-state index contributed by atoms with van der Waals surface area (Å²) in [6.07, 6.45) is 6.41. The molecule has 9 nitrogen and oxygen atoms in total. The van der Waals surface area contributed by atoms with Gasteiger partial charge in [-0.15, -0.1) is 11.3 Å². The number of fused-ring (bicyclic) bond motifs is 2. The van der Waals surface area contributed by atoms with Crippen molar-refractivity contribution in [1.82, 2.24) is 15.2 Å². The number of ether oxygens (including phenoxy) is 4. The Morgan fingerprint density at radius 2 is 1.63 bits per heavy atom. The van der Waals surface area contributed by atoms with E-state index in [0.29, 0.717) is 56.2 Å². The van der Waals surface area contributed by atoms with Gasteiger partial charge in [0.1, 0.15) is 23.1 Å². The van der Waals surface area contributed by atoms with Crippen LogP contribution in [0.15, 0.2) is 73.1 Å². The lowest BCUT2D eigenvalue weighted by Crippen LogP contribution is -2.44. The van der Waals surface area contributed by atoms with Crippen LogP contribution >= 0.6 is 34.5 Å². The van der Waals surface area contributed by atoms with E-state index in [2.05, 4.69) is 22.2 Å². The van der Waals surface area contributed by atoms with Crippen molar-refractivity contribution >= 4 is 46.5 Å². The van der Waals surface area contributed by atoms with Gasteiger partial charge in [0.2, 0.25) is 0 Å². The first-order valence-corrected chi connectivity index (χ1v) is 17.8. The van der Waals surface area contributed by atoms with Gasteiger partial charge in [-0.1, -0.05) is 59.6 Å². The molecule has 4 heterocycles. The summed E-state index contributed by atoms with van der Waals surface area (Å²) in [6, 6.07) is 18.8. The summed E-state index contributed by atoms with van der Waals surface area (Å²) in [5.74, 6) is 0.241. The van der Waals surface area contributed by atoms with Crippen LogP contribution in [-0.2, 0) is 27.2 Å². The van der Waals surface area contributed by atoms with Gasteiger partial charge in [-0.05, 0) is 73.7 Å². The summed E-state index contributed by atoms with van der Waals surface area (Å²) in [5.41, 5.74) is 2.11. The number of carbonyl (C=O) groups excluding carboxylic acids is 2. The number of methoxy groups -OCH3 is 2. The highest BCUT2D eigenvalue weighted by Gasteiger charge is 2.40. The third-order valence-corrected chi connectivity index (χ3v) is 11.1. The van der Waals surface area contributed by atoms with Crippen LogP contribution in [0.2, 0.25) is 10.0 Å². The van der Waals surface area contributed by atoms with Gasteiger partial charge in [-0.25, -0.2) is 9.59 Å². The average Bonchev–Trinajstić information content (AvgIpc) is 3.65. The van der Waals surface area contributed by atoms with E-state index in [1.807, 2.05) is 42.5 Å². The lowest BCUT2D eigenvalue weighted by atomic mass is 10.00. The van der Waals surface area contributed by atoms with Crippen molar-refractivity contribution in [1.29, 1.82) is 0 Å². The van der Waals surface area contributed by atoms with Gasteiger partial charge in [0, 0.05) is 42.3 Å². The van der Waals surface area contributed by atoms with E-state index in [4.69, 9.17) is 42.1 Å². The minimum Gasteiger partial charge on any atom is -0.493 e. The van der Waals surface area contributed by atoms with E-state index in [9.17, 15) is 9.59 Å². The number of hydrogen-bond donors (Lipinski definition) is 1. The molecule has 4 atom stereocenters. The molecule has 3 unspecified atom stereocenters. The van der Waals surface area contributed by atoms with Crippen LogP contribution in [-0.4, -0.2) is 61.3 Å². The fourth-order valence-electron chi connectivity index (χ4n) is 6.74. The number of nitrogens with zero attached hydrogens (tertiary/aromatic N) is 2. The van der Waals surface area contributed by atoms with Crippen LogP contribution in [0.3, 0.4) is 0 Å². The summed E-state index contributed by atoms with van der Waals surface area (Å²) in [6.45, 7) is 0.354. The van der Waals surface area contributed by atoms with Crippen LogP contribution in [0.4, 0.5) is 0 Å². The summed E-state index contributed by atoms with van der Waals surface area (Å²) < 4.78 is 23.1. The Kier molecular flexibility index (Phi) is 11.4. The number of halogens is 2. The molecule has 4 aromatic rings. The number of esters is 2. The minimum absolute atomic E-state index is 0.0900. The maximum Gasteiger partial charge on any atom is 0.348 e. The van der Waals surface area contributed by atoms with E-state index in [1.54, 1.807) is 32.4 Å². The van der Waals surface area contributed by atoms with Crippen molar-refractivity contribution in [2.75, 3.05) is 21.3 Å². The lowest BCUT2D eigenvalue weighted by molar-refractivity contribution is -0.155. The number of hydrogen-bond acceptors (Lipinski definition) is 10. The zero-order valence-corrected chi connectivity index (χ0v) is 29.9. The molecule has 2 bridgehead atoms. The third-order valence-electron chi connectivity index (χ3n) is 9.42. The Labute approximate surface area is 300 Å². The van der Waals surface area contributed by atoms with Crippen LogP contribution in [0.25, 0.3) is 0 Å². The number of thiophene rings is 1. The molecule has 0 saturated carbocycles. The molecule has 258 valence electrons. The van der Waals surface area contributed by atoms with E-state index >= 15 is 0 Å². The largest absolute Gasteiger partial charge is 0.493 e. The Balaban J connectivity index is 1.16. The number of pyridine rings is 1. The molecule has 0 amide bonds. The first kappa shape index (κ1) is 35.2. The van der Waals surface area contributed by atoms with E-state index in [0.717, 1.165) is 36.1 Å². The first-order chi connectivity index (χ1) is 23.7. The van der Waals surface area contributed by atoms with Gasteiger partial charge in [0.05, 0.1) is 24.3 Å². The summed E-state index contributed by atoms with van der Waals surface area (Å²) in [5, 5.41) is 4.13. The molecule has 2 aromatic carbocycles. The summed E-state index contributed by atoms with van der Waals surface area (Å²) >= 11 is 14.2. The van der Waals surface area contributed by atoms with Crippen molar-refractivity contribution in [2.45, 2.75) is 69.0 Å². The number of carbonyl (C=O) groups is 2. The van der Waals surface area contributed by atoms with Crippen molar-refractivity contribution in [2.24, 2.45) is 0 Å². The zero-order valence-electron chi connectivity index (χ0n) is 27.6. The summed E-state index contributed by atoms with van der Waals surface area (Å²) in [7, 11) is 5.27. The van der Waals surface area contributed by atoms with Crippen molar-refractivity contribution in [3.8, 4) is 11.5 Å². The van der Waals surface area contributed by atoms with Crippen molar-refractivity contribution in [3.63, 3.8) is 0 Å². The fraction of sp³-hybridized carbons (Fsp3) is 0.378. The van der Waals surface area contributed by atoms with Crippen LogP contribution in [0.5, 0.6) is 11.5 Å². The molecule has 2 aliphatic rings. The Hall–Kier alpha value is -3.67. The van der Waals surface area contributed by atoms with Crippen LogP contribution in [0.1, 0.15) is 69.1 Å². The van der Waals surface area contributed by atoms with Crippen molar-refractivity contribution < 1.29 is 28.5 Å². The molecular formula is C37H39Cl2N3O6S. The molecule has 2 aromatic heterocycles. The first-order valence-electron chi connectivity index (χ1n) is 16.2. The normalized spacial score (nSPS) is 20.0. The predicted molar refractivity (Wildman–Crippen MR) is 190 cm³/mol. The van der Waals surface area contributed by atoms with E-state index < -0.39 is 18.1 Å². The molecule has 0 radical (unpaired) electrons. The molecule has 49 heavy (non-hydrogen) atoms. The summed E-state index contributed by atoms with van der Waals surface area (Å²) in [4.78, 5) is 34.9. The molecular weight excluding hydrogens is 685 g/mol. The maximum absolute atomic E-state index is 13.6. The van der Waals surface area contributed by atoms with Crippen LogP contribution in [0, 0.1) is 0 Å². The molecule has 0 spiro atoms. The second-order valence-electron chi connectivity index (χ2n) is 12.4. The highest BCUT2D eigenvalue weighted by molar-refractivity contribution is 7.13. The maximum atomic E-state index is 13.6. The van der Waals surface area contributed by atoms with E-state index in [1.165, 1.54) is 23.7 Å². The molecule has 6 rings (SSSR count). The second-order valence-corrected chi connectivity index (χ2v) is 14.3. The van der Waals surface area contributed by atoms with E-state index in [-0.39, 0.29) is 18.5 Å². The highest BCUT2D eigenvalue weighted by Crippen LogP contribution is 2.37. The standard InChI is InChI=1S/C37H39Cl2N3O6S/c1-42-24-10-11-25(42)17-26(16-24)47-37(44)35(22-7-5-4-6-8-22)41-19-27-12-14-34(49-27)36(43)48-32(18-28-29(38)20-40-21-30(28)39)23-9-13-31(45-2)33(15-23)46-3/h4-9,12-15,20-21,24-26,32,35,41H,10-11,16-19H2,1-3H3/t24?,25?,26?,32-,35?/m0/s1. The number of benzene rings is 2. The quantitative estimate of drug-likeness (QED) is 0.140.